The van der Waals surface area contributed by atoms with E-state index in [-0.39, 0.29) is 0 Å². The van der Waals surface area contributed by atoms with E-state index in [4.69, 9.17) is 5.73 Å². The van der Waals surface area contributed by atoms with Crippen LogP contribution in [0.15, 0.2) is 0 Å². The number of rotatable bonds is 0. The summed E-state index contributed by atoms with van der Waals surface area (Å²) in [7, 11) is 0. The van der Waals surface area contributed by atoms with Gasteiger partial charge >= 0.3 is 0 Å². The minimum atomic E-state index is -1.91. The molecule has 0 aromatic heterocycles. The molecule has 12 heavy (non-hydrogen) atoms. The fourth-order valence-electron chi connectivity index (χ4n) is 0.593. The van der Waals surface area contributed by atoms with Gasteiger partial charge in [0.25, 0.3) is 0 Å². The molecule has 0 amide bonds. The SMILES string of the molecule is [N]c1c(F)c(F)c(F)c(I)c1F. The van der Waals surface area contributed by atoms with Gasteiger partial charge in [0, 0.05) is 0 Å². The lowest BCUT2D eigenvalue weighted by Crippen LogP contribution is -2.00. The van der Waals surface area contributed by atoms with Crippen LogP contribution >= 0.6 is 22.6 Å². The molecule has 0 atom stereocenters. The van der Waals surface area contributed by atoms with Crippen molar-refractivity contribution in [3.05, 3.63) is 26.8 Å². The minimum Gasteiger partial charge on any atom is -0.203 e. The van der Waals surface area contributed by atoms with Crippen LogP contribution < -0.4 is 5.73 Å². The summed E-state index contributed by atoms with van der Waals surface area (Å²) in [6.45, 7) is 0. The zero-order valence-corrected chi connectivity index (χ0v) is 7.49. The molecule has 0 N–H and O–H groups in total. The van der Waals surface area contributed by atoms with Crippen molar-refractivity contribution in [2.75, 3.05) is 0 Å². The van der Waals surface area contributed by atoms with Gasteiger partial charge in [0.05, 0.1) is 3.57 Å². The van der Waals surface area contributed by atoms with Gasteiger partial charge in [0.1, 0.15) is 0 Å². The van der Waals surface area contributed by atoms with E-state index in [9.17, 15) is 17.6 Å². The van der Waals surface area contributed by atoms with Crippen molar-refractivity contribution < 1.29 is 17.6 Å². The minimum absolute atomic E-state index is 0.774. The summed E-state index contributed by atoms with van der Waals surface area (Å²) < 4.78 is 48.9. The molecule has 0 unspecified atom stereocenters. The van der Waals surface area contributed by atoms with Crippen molar-refractivity contribution in [2.45, 2.75) is 0 Å². The van der Waals surface area contributed by atoms with E-state index >= 15 is 0 Å². The van der Waals surface area contributed by atoms with Crippen molar-refractivity contribution in [3.8, 4) is 0 Å². The van der Waals surface area contributed by atoms with Crippen LogP contribution in [0.5, 0.6) is 0 Å². The number of hydrogen-bond acceptors (Lipinski definition) is 0. The fourth-order valence-corrected chi connectivity index (χ4v) is 1.09. The Morgan fingerprint density at radius 1 is 0.833 bits per heavy atom. The standard InChI is InChI=1S/C6F4IN/c7-1-2(8)5(11)4(10)6(12)3(1)9. The van der Waals surface area contributed by atoms with Gasteiger partial charge < -0.3 is 0 Å². The second kappa shape index (κ2) is 3.08. The Hall–Kier alpha value is -0.530. The van der Waals surface area contributed by atoms with Gasteiger partial charge in [-0.15, -0.1) is 5.73 Å². The van der Waals surface area contributed by atoms with Crippen LogP contribution in [-0.2, 0) is 0 Å². The van der Waals surface area contributed by atoms with E-state index in [0.29, 0.717) is 0 Å². The first kappa shape index (κ1) is 9.56. The van der Waals surface area contributed by atoms with Crippen LogP contribution in [0.1, 0.15) is 0 Å². The largest absolute Gasteiger partial charge is 0.203 e. The Bertz CT molecular complexity index is 234. The lowest BCUT2D eigenvalue weighted by Gasteiger charge is -2.01. The van der Waals surface area contributed by atoms with E-state index in [1.165, 1.54) is 0 Å². The number of hydrogen-bond donors (Lipinski definition) is 0. The number of nitrogens with zero attached hydrogens (tertiary/aromatic N) is 1. The molecular formula is C6F4IN. The second-order valence-corrected chi connectivity index (χ2v) is 3.00. The van der Waals surface area contributed by atoms with Crippen molar-refractivity contribution in [3.63, 3.8) is 0 Å². The Morgan fingerprint density at radius 2 is 1.33 bits per heavy atom. The third-order valence-corrected chi connectivity index (χ3v) is 2.13. The van der Waals surface area contributed by atoms with Crippen LogP contribution in [0.25, 0.3) is 0 Å². The molecule has 1 rings (SSSR count). The molecule has 2 radical (unpaired) electrons. The van der Waals surface area contributed by atoms with E-state index in [2.05, 4.69) is 0 Å². The topological polar surface area (TPSA) is 22.3 Å². The molecule has 0 saturated heterocycles. The highest BCUT2D eigenvalue weighted by Crippen LogP contribution is 2.27. The molecule has 0 bridgehead atoms. The van der Waals surface area contributed by atoms with Gasteiger partial charge in [-0.25, -0.2) is 17.6 Å². The Morgan fingerprint density at radius 3 is 1.83 bits per heavy atom. The molecule has 1 aromatic rings. The summed E-state index contributed by atoms with van der Waals surface area (Å²) in [5, 5.41) is 0. The first-order valence-corrected chi connectivity index (χ1v) is 3.75. The first-order valence-electron chi connectivity index (χ1n) is 2.67. The molecular weight excluding hydrogens is 289 g/mol. The summed E-state index contributed by atoms with van der Waals surface area (Å²) in [5.74, 6) is -6.92. The average molecular weight is 289 g/mol. The predicted octanol–water partition coefficient (Wildman–Crippen LogP) is 2.55. The normalized spacial score (nSPS) is 10.4. The Labute approximate surface area is 78.7 Å². The molecule has 0 aliphatic heterocycles. The zero-order chi connectivity index (χ0) is 9.46. The van der Waals surface area contributed by atoms with Crippen molar-refractivity contribution >= 4 is 28.3 Å². The van der Waals surface area contributed by atoms with Crippen molar-refractivity contribution in [2.24, 2.45) is 0 Å². The third kappa shape index (κ3) is 1.23. The van der Waals surface area contributed by atoms with Gasteiger partial charge in [-0.3, -0.25) is 0 Å². The highest BCUT2D eigenvalue weighted by molar-refractivity contribution is 14.1. The summed E-state index contributed by atoms with van der Waals surface area (Å²) >= 11 is 1.12. The van der Waals surface area contributed by atoms with Gasteiger partial charge in [-0.1, -0.05) is 0 Å². The van der Waals surface area contributed by atoms with Crippen LogP contribution in [0.4, 0.5) is 23.2 Å². The number of halogens is 5. The lowest BCUT2D eigenvalue weighted by atomic mass is 10.3. The average Bonchev–Trinajstić information content (AvgIpc) is 2.08. The van der Waals surface area contributed by atoms with Gasteiger partial charge in [0.15, 0.2) is 29.0 Å². The zero-order valence-electron chi connectivity index (χ0n) is 5.34. The monoisotopic (exact) mass is 289 g/mol. The predicted molar refractivity (Wildman–Crippen MR) is 40.8 cm³/mol. The third-order valence-electron chi connectivity index (χ3n) is 1.19. The van der Waals surface area contributed by atoms with Crippen molar-refractivity contribution in [1.29, 1.82) is 0 Å². The molecule has 0 aliphatic carbocycles. The summed E-state index contributed by atoms with van der Waals surface area (Å²) in [4.78, 5) is 0. The van der Waals surface area contributed by atoms with Gasteiger partial charge in [0.2, 0.25) is 0 Å². The molecule has 0 aliphatic rings. The van der Waals surface area contributed by atoms with Crippen LogP contribution in [0.3, 0.4) is 0 Å². The van der Waals surface area contributed by atoms with E-state index < -0.39 is 32.5 Å². The van der Waals surface area contributed by atoms with E-state index in [0.717, 1.165) is 22.6 Å². The lowest BCUT2D eigenvalue weighted by molar-refractivity contribution is 0.431. The second-order valence-electron chi connectivity index (χ2n) is 1.92. The first-order chi connectivity index (χ1) is 5.46. The summed E-state index contributed by atoms with van der Waals surface area (Å²) in [6, 6.07) is 0. The quantitative estimate of drug-likeness (QED) is 0.303. The number of benzene rings is 1. The fraction of sp³-hybridized carbons (Fsp3) is 0. The molecule has 0 saturated carbocycles. The van der Waals surface area contributed by atoms with Crippen molar-refractivity contribution in [1.82, 2.24) is 5.73 Å². The molecule has 64 valence electrons. The highest BCUT2D eigenvalue weighted by atomic mass is 127. The maximum atomic E-state index is 12.5. The van der Waals surface area contributed by atoms with Crippen LogP contribution in [0, 0.1) is 26.8 Å². The smallest absolute Gasteiger partial charge is 0.198 e. The molecule has 0 heterocycles. The van der Waals surface area contributed by atoms with Crippen LogP contribution in [-0.4, -0.2) is 0 Å². The van der Waals surface area contributed by atoms with E-state index in [1.807, 2.05) is 0 Å². The molecule has 0 fully saturated rings. The van der Waals surface area contributed by atoms with Gasteiger partial charge in [-0.05, 0) is 22.6 Å². The van der Waals surface area contributed by atoms with Crippen LogP contribution in [0.2, 0.25) is 0 Å². The molecule has 6 heteroatoms. The summed E-state index contributed by atoms with van der Waals surface area (Å²) in [6.07, 6.45) is 0. The maximum absolute atomic E-state index is 12.5. The summed E-state index contributed by atoms with van der Waals surface area (Å²) in [5.41, 5.74) is 7.03. The van der Waals surface area contributed by atoms with Gasteiger partial charge in [-0.2, -0.15) is 0 Å². The van der Waals surface area contributed by atoms with E-state index in [1.54, 1.807) is 0 Å². The molecule has 1 aromatic carbocycles. The maximum Gasteiger partial charge on any atom is 0.198 e. The molecule has 0 spiro atoms. The highest BCUT2D eigenvalue weighted by Gasteiger charge is 2.23. The Kier molecular flexibility index (Phi) is 2.45. The molecule has 1 nitrogen and oxygen atoms in total. The Balaban J connectivity index is 3.60.